The second kappa shape index (κ2) is 7.90. The SMILES string of the molecule is C=C1N2C=C(CN3CCC4(CC4)C3)C=C(C(F)(F)F)C2=CN1c1cccc(C2(c3nncn3C)CC3(CC3)C2)c1. The molecule has 3 aliphatic carbocycles. The van der Waals surface area contributed by atoms with Gasteiger partial charge in [0.25, 0.3) is 0 Å². The first-order valence-electron chi connectivity index (χ1n) is 14.3. The highest BCUT2D eigenvalue weighted by Gasteiger charge is 2.63. The van der Waals surface area contributed by atoms with Gasteiger partial charge in [-0.15, -0.1) is 10.2 Å². The van der Waals surface area contributed by atoms with Crippen molar-refractivity contribution in [2.75, 3.05) is 24.5 Å². The maximum Gasteiger partial charge on any atom is 0.418 e. The molecule has 2 aromatic rings. The van der Waals surface area contributed by atoms with Gasteiger partial charge in [0.15, 0.2) is 0 Å². The van der Waals surface area contributed by atoms with Crippen molar-refractivity contribution in [2.24, 2.45) is 17.9 Å². The first kappa shape index (κ1) is 24.5. The zero-order valence-corrected chi connectivity index (χ0v) is 22.7. The summed E-state index contributed by atoms with van der Waals surface area (Å²) in [6, 6.07) is 8.16. The zero-order chi connectivity index (χ0) is 27.5. The summed E-state index contributed by atoms with van der Waals surface area (Å²) >= 11 is 0. The van der Waals surface area contributed by atoms with E-state index in [2.05, 4.69) is 33.8 Å². The smallest absolute Gasteiger partial charge is 0.320 e. The largest absolute Gasteiger partial charge is 0.418 e. The molecule has 0 bridgehead atoms. The Morgan fingerprint density at radius 3 is 2.42 bits per heavy atom. The Kier molecular flexibility index (Phi) is 4.83. The number of halogens is 3. The van der Waals surface area contributed by atoms with E-state index >= 15 is 0 Å². The van der Waals surface area contributed by atoms with Crippen LogP contribution in [-0.4, -0.2) is 50.4 Å². The van der Waals surface area contributed by atoms with E-state index in [-0.39, 0.29) is 11.1 Å². The first-order chi connectivity index (χ1) is 19.1. The fraction of sp³-hybridized carbons (Fsp3) is 0.484. The van der Waals surface area contributed by atoms with Crippen LogP contribution in [-0.2, 0) is 12.5 Å². The lowest BCUT2D eigenvalue weighted by atomic mass is 9.56. The quantitative estimate of drug-likeness (QED) is 0.462. The first-order valence-corrected chi connectivity index (χ1v) is 14.3. The summed E-state index contributed by atoms with van der Waals surface area (Å²) in [5.74, 6) is 1.45. The third-order valence-corrected chi connectivity index (χ3v) is 10.3. The van der Waals surface area contributed by atoms with Gasteiger partial charge in [0.2, 0.25) is 0 Å². The van der Waals surface area contributed by atoms with Gasteiger partial charge < -0.3 is 14.4 Å². The van der Waals surface area contributed by atoms with Crippen molar-refractivity contribution in [3.8, 4) is 0 Å². The molecule has 0 unspecified atom stereocenters. The number of anilines is 1. The van der Waals surface area contributed by atoms with E-state index in [0.29, 0.717) is 28.8 Å². The Morgan fingerprint density at radius 2 is 1.77 bits per heavy atom. The molecule has 1 saturated heterocycles. The third kappa shape index (κ3) is 3.66. The number of alkyl halides is 3. The Bertz CT molecular complexity index is 1510. The van der Waals surface area contributed by atoms with Gasteiger partial charge in [0.05, 0.1) is 16.7 Å². The number of hydrogen-bond acceptors (Lipinski definition) is 5. The molecule has 6 nitrogen and oxygen atoms in total. The number of aryl methyl sites for hydroxylation is 1. The fourth-order valence-electron chi connectivity index (χ4n) is 7.78. The van der Waals surface area contributed by atoms with Crippen LogP contribution < -0.4 is 4.90 Å². The number of fused-ring (bicyclic) bond motifs is 1. The summed E-state index contributed by atoms with van der Waals surface area (Å²) in [5.41, 5.74) is 2.70. The lowest BCUT2D eigenvalue weighted by Gasteiger charge is -2.48. The minimum Gasteiger partial charge on any atom is -0.320 e. The number of hydrogen-bond donors (Lipinski definition) is 0. The van der Waals surface area contributed by atoms with Gasteiger partial charge in [0.1, 0.15) is 18.0 Å². The summed E-state index contributed by atoms with van der Waals surface area (Å²) in [4.78, 5) is 5.72. The van der Waals surface area contributed by atoms with Crippen LogP contribution in [0.25, 0.3) is 0 Å². The van der Waals surface area contributed by atoms with Crippen LogP contribution in [0.5, 0.6) is 0 Å². The van der Waals surface area contributed by atoms with Crippen molar-refractivity contribution < 1.29 is 13.2 Å². The van der Waals surface area contributed by atoms with E-state index in [4.69, 9.17) is 0 Å². The minimum atomic E-state index is -4.47. The van der Waals surface area contributed by atoms with Crippen LogP contribution in [0.3, 0.4) is 0 Å². The van der Waals surface area contributed by atoms with Crippen LogP contribution in [0.15, 0.2) is 78.3 Å². The van der Waals surface area contributed by atoms with Crippen LogP contribution in [0.1, 0.15) is 56.3 Å². The van der Waals surface area contributed by atoms with Gasteiger partial charge in [0, 0.05) is 38.2 Å². The Labute approximate surface area is 232 Å². The Balaban J connectivity index is 1.12. The van der Waals surface area contributed by atoms with Crippen LogP contribution in [0, 0.1) is 10.8 Å². The van der Waals surface area contributed by atoms with Crippen molar-refractivity contribution in [2.45, 2.75) is 56.5 Å². The fourth-order valence-corrected chi connectivity index (χ4v) is 7.78. The van der Waals surface area contributed by atoms with E-state index in [0.717, 1.165) is 49.4 Å². The van der Waals surface area contributed by atoms with E-state index < -0.39 is 11.7 Å². The van der Waals surface area contributed by atoms with Gasteiger partial charge in [-0.2, -0.15) is 13.2 Å². The zero-order valence-electron chi connectivity index (χ0n) is 22.7. The van der Waals surface area contributed by atoms with Gasteiger partial charge in [-0.1, -0.05) is 18.7 Å². The molecule has 208 valence electrons. The predicted molar refractivity (Wildman–Crippen MR) is 146 cm³/mol. The Hall–Kier alpha value is -3.33. The van der Waals surface area contributed by atoms with Gasteiger partial charge in [-0.05, 0) is 91.7 Å². The molecule has 6 aliphatic rings. The molecule has 4 heterocycles. The van der Waals surface area contributed by atoms with Crippen molar-refractivity contribution >= 4 is 5.69 Å². The Morgan fingerprint density at radius 1 is 1.00 bits per heavy atom. The molecule has 3 aliphatic heterocycles. The number of benzene rings is 1. The molecule has 4 fully saturated rings. The number of likely N-dealkylation sites (tertiary alicyclic amines) is 1. The molecular weight excluding hydrogens is 513 g/mol. The van der Waals surface area contributed by atoms with E-state index in [1.807, 2.05) is 29.9 Å². The molecule has 8 rings (SSSR count). The molecule has 1 aromatic heterocycles. The molecule has 0 N–H and O–H groups in total. The van der Waals surface area contributed by atoms with E-state index in [1.165, 1.54) is 31.8 Å². The number of rotatable bonds is 5. The summed E-state index contributed by atoms with van der Waals surface area (Å²) < 4.78 is 45.1. The highest BCUT2D eigenvalue weighted by molar-refractivity contribution is 5.65. The van der Waals surface area contributed by atoms with Gasteiger partial charge in [-0.3, -0.25) is 4.90 Å². The second-order valence-electron chi connectivity index (χ2n) is 13.1. The third-order valence-electron chi connectivity index (χ3n) is 10.3. The lowest BCUT2D eigenvalue weighted by Crippen LogP contribution is -2.45. The van der Waals surface area contributed by atoms with Crippen LogP contribution in [0.4, 0.5) is 18.9 Å². The van der Waals surface area contributed by atoms with Crippen molar-refractivity contribution in [1.82, 2.24) is 24.6 Å². The van der Waals surface area contributed by atoms with Crippen LogP contribution >= 0.6 is 0 Å². The molecular formula is C31H33F3N6. The molecule has 40 heavy (non-hydrogen) atoms. The van der Waals surface area contributed by atoms with E-state index in [9.17, 15) is 13.2 Å². The summed E-state index contributed by atoms with van der Waals surface area (Å²) in [6.07, 6.45) is 10.2. The van der Waals surface area contributed by atoms with Gasteiger partial charge in [-0.25, -0.2) is 0 Å². The van der Waals surface area contributed by atoms with Crippen molar-refractivity contribution in [3.05, 3.63) is 89.7 Å². The van der Waals surface area contributed by atoms with Crippen molar-refractivity contribution in [1.29, 1.82) is 0 Å². The summed E-state index contributed by atoms with van der Waals surface area (Å²) in [5, 5.41) is 8.66. The maximum absolute atomic E-state index is 14.4. The van der Waals surface area contributed by atoms with Crippen LogP contribution in [0.2, 0.25) is 0 Å². The average molecular weight is 547 g/mol. The molecule has 3 saturated carbocycles. The molecule has 2 spiro atoms. The molecule has 9 heteroatoms. The normalized spacial score (nSPS) is 25.6. The monoisotopic (exact) mass is 546 g/mol. The highest BCUT2D eigenvalue weighted by atomic mass is 19.4. The standard InChI is InChI=1S/C31H33F3N6/c1-21-39(24-5-3-4-23(13-24)30(17-29(18-30)8-9-29)27-36-35-20-37(27)2)16-26-25(31(32,33)34)12-22(15-40(21)26)14-38-11-10-28(19-38)6-7-28/h3-5,12-13,15-16,20H,1,6-11,14,17-19H2,2H3. The topological polar surface area (TPSA) is 40.4 Å². The van der Waals surface area contributed by atoms with Crippen molar-refractivity contribution in [3.63, 3.8) is 0 Å². The summed E-state index contributed by atoms with van der Waals surface area (Å²) in [7, 11) is 1.98. The summed E-state index contributed by atoms with van der Waals surface area (Å²) in [6.45, 7) is 6.71. The molecule has 0 radical (unpaired) electrons. The molecule has 0 amide bonds. The minimum absolute atomic E-state index is 0.121. The maximum atomic E-state index is 14.4. The van der Waals surface area contributed by atoms with E-state index in [1.54, 1.807) is 22.3 Å². The molecule has 0 atom stereocenters. The molecule has 1 aromatic carbocycles. The number of allylic oxidation sites excluding steroid dienone is 1. The highest BCUT2D eigenvalue weighted by Crippen LogP contribution is 2.70. The average Bonchev–Trinajstić information content (AvgIpc) is 3.73. The second-order valence-corrected chi connectivity index (χ2v) is 13.1. The van der Waals surface area contributed by atoms with Gasteiger partial charge >= 0.3 is 6.18 Å². The lowest BCUT2D eigenvalue weighted by molar-refractivity contribution is -0.0909. The number of nitrogens with zero attached hydrogens (tertiary/aromatic N) is 6. The predicted octanol–water partition coefficient (Wildman–Crippen LogP) is 5.98. The number of aromatic nitrogens is 3.